The van der Waals surface area contributed by atoms with Crippen LogP contribution in [-0.4, -0.2) is 17.4 Å². The number of aromatic nitrogens is 1. The van der Waals surface area contributed by atoms with Gasteiger partial charge in [0.05, 0.1) is 17.4 Å². The van der Waals surface area contributed by atoms with Gasteiger partial charge in [0.15, 0.2) is 11.7 Å². The van der Waals surface area contributed by atoms with Crippen molar-refractivity contribution in [3.8, 4) is 11.3 Å². The Hall–Kier alpha value is -3.02. The molecule has 0 fully saturated rings. The highest BCUT2D eigenvalue weighted by molar-refractivity contribution is 5.96. The summed E-state index contributed by atoms with van der Waals surface area (Å²) >= 11 is 0. The van der Waals surface area contributed by atoms with Crippen molar-refractivity contribution in [1.29, 1.82) is 0 Å². The number of oxazole rings is 1. The standard InChI is InChI=1S/C22H20F2N2O2/c1-2-14-5-3-6-15-11-12-26(22(14)15)20(27)10-9-19-25-13-18(28-19)21-16(23)7-4-8-17(21)24/h3-8,13H,2,9-12H2,1H3. The van der Waals surface area contributed by atoms with Crippen LogP contribution < -0.4 is 4.90 Å². The molecule has 2 heterocycles. The van der Waals surface area contributed by atoms with Crippen LogP contribution in [0.5, 0.6) is 0 Å². The van der Waals surface area contributed by atoms with Crippen molar-refractivity contribution in [3.05, 3.63) is 71.2 Å². The lowest BCUT2D eigenvalue weighted by Gasteiger charge is -2.19. The Labute approximate surface area is 161 Å². The molecule has 28 heavy (non-hydrogen) atoms. The summed E-state index contributed by atoms with van der Waals surface area (Å²) in [6.45, 7) is 2.75. The van der Waals surface area contributed by atoms with E-state index < -0.39 is 11.6 Å². The van der Waals surface area contributed by atoms with Gasteiger partial charge in [-0.15, -0.1) is 0 Å². The monoisotopic (exact) mass is 382 g/mol. The highest BCUT2D eigenvalue weighted by Crippen LogP contribution is 2.33. The second-order valence-corrected chi connectivity index (χ2v) is 6.79. The quantitative estimate of drug-likeness (QED) is 0.642. The summed E-state index contributed by atoms with van der Waals surface area (Å²) in [7, 11) is 0. The highest BCUT2D eigenvalue weighted by Gasteiger charge is 2.26. The molecule has 0 radical (unpaired) electrons. The Morgan fingerprint density at radius 1 is 1.18 bits per heavy atom. The number of carbonyl (C=O) groups excluding carboxylic acids is 1. The predicted molar refractivity (Wildman–Crippen MR) is 102 cm³/mol. The molecule has 1 aliphatic heterocycles. The molecular weight excluding hydrogens is 362 g/mol. The van der Waals surface area contributed by atoms with Crippen LogP contribution in [0, 0.1) is 11.6 Å². The van der Waals surface area contributed by atoms with Gasteiger partial charge >= 0.3 is 0 Å². The minimum Gasteiger partial charge on any atom is -0.441 e. The van der Waals surface area contributed by atoms with Crippen LogP contribution >= 0.6 is 0 Å². The van der Waals surface area contributed by atoms with Crippen molar-refractivity contribution in [3.63, 3.8) is 0 Å². The molecule has 4 nitrogen and oxygen atoms in total. The zero-order chi connectivity index (χ0) is 19.7. The fraction of sp³-hybridized carbons (Fsp3) is 0.273. The third-order valence-electron chi connectivity index (χ3n) is 5.08. The second kappa shape index (κ2) is 7.54. The van der Waals surface area contributed by atoms with Crippen molar-refractivity contribution in [1.82, 2.24) is 4.98 Å². The summed E-state index contributed by atoms with van der Waals surface area (Å²) in [6.07, 6.45) is 3.50. The average molecular weight is 382 g/mol. The SMILES string of the molecule is CCc1cccc2c1N(C(=O)CCc1ncc(-c3c(F)cccc3F)o1)CC2. The summed E-state index contributed by atoms with van der Waals surface area (Å²) in [5.74, 6) is -1.11. The third kappa shape index (κ3) is 3.30. The number of carbonyl (C=O) groups is 1. The largest absolute Gasteiger partial charge is 0.441 e. The molecule has 1 amide bonds. The molecule has 0 saturated carbocycles. The molecule has 0 bridgehead atoms. The molecule has 2 aromatic carbocycles. The Bertz CT molecular complexity index is 1010. The number of benzene rings is 2. The maximum absolute atomic E-state index is 13.9. The van der Waals surface area contributed by atoms with Crippen LogP contribution in [0.1, 0.15) is 30.4 Å². The molecule has 6 heteroatoms. The molecular formula is C22H20F2N2O2. The van der Waals surface area contributed by atoms with Gasteiger partial charge in [-0.25, -0.2) is 13.8 Å². The first kappa shape index (κ1) is 18.3. The lowest BCUT2D eigenvalue weighted by molar-refractivity contribution is -0.118. The van der Waals surface area contributed by atoms with Gasteiger partial charge < -0.3 is 9.32 Å². The van der Waals surface area contributed by atoms with E-state index in [1.807, 2.05) is 17.0 Å². The summed E-state index contributed by atoms with van der Waals surface area (Å²) in [5, 5.41) is 0. The Morgan fingerprint density at radius 2 is 1.93 bits per heavy atom. The zero-order valence-corrected chi connectivity index (χ0v) is 15.5. The first-order valence-electron chi connectivity index (χ1n) is 9.38. The molecule has 1 aromatic heterocycles. The molecule has 4 rings (SSSR count). The van der Waals surface area contributed by atoms with Crippen LogP contribution in [0.4, 0.5) is 14.5 Å². The number of anilines is 1. The molecule has 0 atom stereocenters. The lowest BCUT2D eigenvalue weighted by atomic mass is 10.1. The number of rotatable bonds is 5. The Kier molecular flexibility index (Phi) is 4.94. The Morgan fingerprint density at radius 3 is 2.68 bits per heavy atom. The van der Waals surface area contributed by atoms with Gasteiger partial charge in [-0.3, -0.25) is 4.79 Å². The van der Waals surface area contributed by atoms with E-state index in [9.17, 15) is 13.6 Å². The van der Waals surface area contributed by atoms with Crippen LogP contribution in [0.15, 0.2) is 47.0 Å². The van der Waals surface area contributed by atoms with Crippen molar-refractivity contribution >= 4 is 11.6 Å². The zero-order valence-electron chi connectivity index (χ0n) is 15.5. The molecule has 3 aromatic rings. The molecule has 144 valence electrons. The average Bonchev–Trinajstić information content (AvgIpc) is 3.33. The van der Waals surface area contributed by atoms with Crippen LogP contribution in [0.25, 0.3) is 11.3 Å². The van der Waals surface area contributed by atoms with Crippen molar-refractivity contribution in [2.24, 2.45) is 0 Å². The molecule has 0 N–H and O–H groups in total. The fourth-order valence-corrected chi connectivity index (χ4v) is 3.70. The van der Waals surface area contributed by atoms with Gasteiger partial charge in [-0.1, -0.05) is 31.2 Å². The number of para-hydroxylation sites is 1. The minimum absolute atomic E-state index is 0.00327. The molecule has 1 aliphatic rings. The highest BCUT2D eigenvalue weighted by atomic mass is 19.1. The van der Waals surface area contributed by atoms with E-state index in [1.165, 1.54) is 30.0 Å². The van der Waals surface area contributed by atoms with E-state index >= 15 is 0 Å². The van der Waals surface area contributed by atoms with Gasteiger partial charge in [0.25, 0.3) is 0 Å². The van der Waals surface area contributed by atoms with Gasteiger partial charge in [0.2, 0.25) is 5.91 Å². The van der Waals surface area contributed by atoms with Gasteiger partial charge in [0.1, 0.15) is 11.6 Å². The smallest absolute Gasteiger partial charge is 0.227 e. The van der Waals surface area contributed by atoms with Crippen molar-refractivity contribution in [2.75, 3.05) is 11.4 Å². The number of nitrogens with zero attached hydrogens (tertiary/aromatic N) is 2. The van der Waals surface area contributed by atoms with E-state index in [0.717, 1.165) is 24.1 Å². The lowest BCUT2D eigenvalue weighted by Crippen LogP contribution is -2.29. The third-order valence-corrected chi connectivity index (χ3v) is 5.08. The molecule has 0 spiro atoms. The van der Waals surface area contributed by atoms with Crippen molar-refractivity contribution in [2.45, 2.75) is 32.6 Å². The van der Waals surface area contributed by atoms with E-state index in [2.05, 4.69) is 18.0 Å². The first-order chi connectivity index (χ1) is 13.6. The fourth-order valence-electron chi connectivity index (χ4n) is 3.70. The maximum atomic E-state index is 13.9. The number of aryl methyl sites for hydroxylation is 2. The van der Waals surface area contributed by atoms with E-state index in [-0.39, 0.29) is 36.0 Å². The number of amides is 1. The molecule has 0 saturated heterocycles. The summed E-state index contributed by atoms with van der Waals surface area (Å²) in [4.78, 5) is 18.7. The summed E-state index contributed by atoms with van der Waals surface area (Å²) in [5.41, 5.74) is 3.14. The number of fused-ring (bicyclic) bond motifs is 1. The van der Waals surface area contributed by atoms with Gasteiger partial charge in [-0.2, -0.15) is 0 Å². The normalized spacial score (nSPS) is 13.0. The second-order valence-electron chi connectivity index (χ2n) is 6.79. The minimum atomic E-state index is -0.709. The maximum Gasteiger partial charge on any atom is 0.227 e. The van der Waals surface area contributed by atoms with E-state index in [0.29, 0.717) is 6.54 Å². The number of hydrogen-bond acceptors (Lipinski definition) is 3. The van der Waals surface area contributed by atoms with Crippen molar-refractivity contribution < 1.29 is 18.0 Å². The Balaban J connectivity index is 1.47. The topological polar surface area (TPSA) is 46.3 Å². The summed E-state index contributed by atoms with van der Waals surface area (Å²) < 4.78 is 33.3. The molecule has 0 unspecified atom stereocenters. The molecule has 0 aliphatic carbocycles. The van der Waals surface area contributed by atoms with Crippen LogP contribution in [0.2, 0.25) is 0 Å². The summed E-state index contributed by atoms with van der Waals surface area (Å²) in [6, 6.07) is 9.77. The number of hydrogen-bond donors (Lipinski definition) is 0. The van der Waals surface area contributed by atoms with Crippen LogP contribution in [0.3, 0.4) is 0 Å². The van der Waals surface area contributed by atoms with E-state index in [1.54, 1.807) is 0 Å². The van der Waals surface area contributed by atoms with Gasteiger partial charge in [0, 0.05) is 19.4 Å². The van der Waals surface area contributed by atoms with E-state index in [4.69, 9.17) is 4.42 Å². The van der Waals surface area contributed by atoms with Gasteiger partial charge in [-0.05, 0) is 36.1 Å². The predicted octanol–water partition coefficient (Wildman–Crippen LogP) is 4.70. The first-order valence-corrected chi connectivity index (χ1v) is 9.38. The van der Waals surface area contributed by atoms with Crippen LogP contribution in [-0.2, 0) is 24.1 Å². The number of halogens is 2.